The molecule has 2 aromatic rings. The summed E-state index contributed by atoms with van der Waals surface area (Å²) in [5.74, 6) is -1.88. The van der Waals surface area contributed by atoms with E-state index < -0.39 is 11.6 Å². The molecule has 1 amide bonds. The second-order valence-electron chi connectivity index (χ2n) is 5.80. The van der Waals surface area contributed by atoms with Crippen LogP contribution < -0.4 is 5.32 Å². The smallest absolute Gasteiger partial charge is 0.224 e. The summed E-state index contributed by atoms with van der Waals surface area (Å²) in [6, 6.07) is 7.89. The Balaban J connectivity index is 1.61. The minimum atomic E-state index is -0.856. The normalized spacial score (nSPS) is 21.5. The predicted octanol–water partition coefficient (Wildman–Crippen LogP) is 4.32. The molecule has 116 valence electrons. The third kappa shape index (κ3) is 3.04. The summed E-state index contributed by atoms with van der Waals surface area (Å²) in [7, 11) is 0. The maximum absolute atomic E-state index is 13.3. The van der Waals surface area contributed by atoms with E-state index in [9.17, 15) is 13.6 Å². The maximum Gasteiger partial charge on any atom is 0.224 e. The number of thiophene rings is 1. The zero-order valence-electron chi connectivity index (χ0n) is 12.4. The largest absolute Gasteiger partial charge is 0.349 e. The Morgan fingerprint density at radius 3 is 2.68 bits per heavy atom. The van der Waals surface area contributed by atoms with Crippen LogP contribution in [-0.2, 0) is 4.79 Å². The lowest BCUT2D eigenvalue weighted by atomic mass is 10.1. The van der Waals surface area contributed by atoms with Crippen molar-refractivity contribution in [3.8, 4) is 0 Å². The molecule has 3 rings (SSSR count). The first-order chi connectivity index (χ1) is 10.5. The molecular formula is C17H17F2NOS. The lowest BCUT2D eigenvalue weighted by Gasteiger charge is -2.12. The highest BCUT2D eigenvalue weighted by Crippen LogP contribution is 2.48. The summed E-state index contributed by atoms with van der Waals surface area (Å²) in [5, 5.41) is 3.00. The van der Waals surface area contributed by atoms with Crippen LogP contribution in [0.1, 0.15) is 40.6 Å². The summed E-state index contributed by atoms with van der Waals surface area (Å²) in [5.41, 5.74) is 0.693. The number of hydrogen-bond donors (Lipinski definition) is 1. The minimum Gasteiger partial charge on any atom is -0.349 e. The van der Waals surface area contributed by atoms with Gasteiger partial charge in [0.25, 0.3) is 0 Å². The Labute approximate surface area is 132 Å². The molecule has 1 aromatic heterocycles. The third-order valence-electron chi connectivity index (χ3n) is 4.05. The quantitative estimate of drug-likeness (QED) is 0.893. The van der Waals surface area contributed by atoms with E-state index in [1.165, 1.54) is 10.9 Å². The van der Waals surface area contributed by atoms with Gasteiger partial charge in [-0.05, 0) is 56.0 Å². The number of aryl methyl sites for hydroxylation is 1. The average molecular weight is 321 g/mol. The van der Waals surface area contributed by atoms with Crippen LogP contribution in [0.5, 0.6) is 0 Å². The molecule has 2 nitrogen and oxygen atoms in total. The standard InChI is InChI=1S/C17H17F2NOS/c1-9-3-6-16(22-9)10(2)20-17(21)13-8-12(13)11-4-5-14(18)15(19)7-11/h3-7,10,12-13H,8H2,1-2H3,(H,20,21). The van der Waals surface area contributed by atoms with Crippen molar-refractivity contribution in [1.29, 1.82) is 0 Å². The Morgan fingerprint density at radius 2 is 2.05 bits per heavy atom. The molecule has 1 N–H and O–H groups in total. The number of benzene rings is 1. The van der Waals surface area contributed by atoms with Crippen LogP contribution in [0.4, 0.5) is 8.78 Å². The third-order valence-corrected chi connectivity index (χ3v) is 5.23. The minimum absolute atomic E-state index is 0.00706. The van der Waals surface area contributed by atoms with Crippen molar-refractivity contribution in [3.63, 3.8) is 0 Å². The summed E-state index contributed by atoms with van der Waals surface area (Å²) in [6.45, 7) is 3.99. The van der Waals surface area contributed by atoms with E-state index in [1.807, 2.05) is 26.0 Å². The van der Waals surface area contributed by atoms with Crippen molar-refractivity contribution < 1.29 is 13.6 Å². The predicted molar refractivity (Wildman–Crippen MR) is 82.8 cm³/mol. The molecule has 1 aliphatic carbocycles. The van der Waals surface area contributed by atoms with E-state index in [-0.39, 0.29) is 23.8 Å². The fraction of sp³-hybridized carbons (Fsp3) is 0.353. The summed E-state index contributed by atoms with van der Waals surface area (Å²) < 4.78 is 26.2. The molecule has 5 heteroatoms. The van der Waals surface area contributed by atoms with E-state index in [0.29, 0.717) is 12.0 Å². The number of nitrogens with one attached hydrogen (secondary N) is 1. The van der Waals surface area contributed by atoms with Gasteiger partial charge in [-0.1, -0.05) is 6.07 Å². The van der Waals surface area contributed by atoms with Crippen molar-refractivity contribution in [1.82, 2.24) is 5.32 Å². The number of hydrogen-bond acceptors (Lipinski definition) is 2. The SMILES string of the molecule is Cc1ccc(C(C)NC(=O)C2CC2c2ccc(F)c(F)c2)s1. The van der Waals surface area contributed by atoms with Gasteiger partial charge in [0, 0.05) is 15.7 Å². The van der Waals surface area contributed by atoms with Crippen LogP contribution in [0.25, 0.3) is 0 Å². The molecule has 22 heavy (non-hydrogen) atoms. The van der Waals surface area contributed by atoms with Crippen molar-refractivity contribution in [3.05, 3.63) is 57.3 Å². The van der Waals surface area contributed by atoms with Crippen molar-refractivity contribution in [2.75, 3.05) is 0 Å². The Bertz CT molecular complexity index is 712. The van der Waals surface area contributed by atoms with E-state index in [0.717, 1.165) is 10.9 Å². The highest BCUT2D eigenvalue weighted by Gasteiger charge is 2.44. The van der Waals surface area contributed by atoms with E-state index in [1.54, 1.807) is 17.4 Å². The molecule has 1 fully saturated rings. The molecular weight excluding hydrogens is 304 g/mol. The van der Waals surface area contributed by atoms with Crippen LogP contribution in [0.15, 0.2) is 30.3 Å². The summed E-state index contributed by atoms with van der Waals surface area (Å²) in [6.07, 6.45) is 0.688. The van der Waals surface area contributed by atoms with Gasteiger partial charge in [-0.25, -0.2) is 8.78 Å². The maximum atomic E-state index is 13.3. The number of amides is 1. The molecule has 1 aromatic carbocycles. The van der Waals surface area contributed by atoms with Crippen LogP contribution in [0, 0.1) is 24.5 Å². The second-order valence-corrected chi connectivity index (χ2v) is 7.12. The summed E-state index contributed by atoms with van der Waals surface area (Å²) >= 11 is 1.66. The zero-order chi connectivity index (χ0) is 15.9. The number of rotatable bonds is 4. The number of carbonyl (C=O) groups is 1. The first kappa shape index (κ1) is 15.2. The first-order valence-electron chi connectivity index (χ1n) is 7.27. The van der Waals surface area contributed by atoms with Gasteiger partial charge >= 0.3 is 0 Å². The Hall–Kier alpha value is -1.75. The van der Waals surface area contributed by atoms with Crippen LogP contribution in [0.3, 0.4) is 0 Å². The topological polar surface area (TPSA) is 29.1 Å². The molecule has 0 saturated heterocycles. The van der Waals surface area contributed by atoms with Gasteiger partial charge in [-0.3, -0.25) is 4.79 Å². The molecule has 0 spiro atoms. The summed E-state index contributed by atoms with van der Waals surface area (Å²) in [4.78, 5) is 14.6. The van der Waals surface area contributed by atoms with E-state index >= 15 is 0 Å². The fourth-order valence-corrected chi connectivity index (χ4v) is 3.55. The van der Waals surface area contributed by atoms with Crippen molar-refractivity contribution >= 4 is 17.2 Å². The molecule has 3 unspecified atom stereocenters. The average Bonchev–Trinajstić information content (AvgIpc) is 3.16. The van der Waals surface area contributed by atoms with Crippen LogP contribution >= 0.6 is 11.3 Å². The highest BCUT2D eigenvalue weighted by molar-refractivity contribution is 7.12. The second kappa shape index (κ2) is 5.80. The Morgan fingerprint density at radius 1 is 1.27 bits per heavy atom. The van der Waals surface area contributed by atoms with Gasteiger partial charge < -0.3 is 5.32 Å². The number of carbonyl (C=O) groups excluding carboxylic acids is 1. The molecule has 0 aliphatic heterocycles. The van der Waals surface area contributed by atoms with Gasteiger partial charge in [0.05, 0.1) is 6.04 Å². The number of halogens is 2. The van der Waals surface area contributed by atoms with Gasteiger partial charge in [0.15, 0.2) is 11.6 Å². The lowest BCUT2D eigenvalue weighted by molar-refractivity contribution is -0.123. The highest BCUT2D eigenvalue weighted by atomic mass is 32.1. The molecule has 3 atom stereocenters. The molecule has 1 saturated carbocycles. The van der Waals surface area contributed by atoms with Gasteiger partial charge in [-0.2, -0.15) is 0 Å². The molecule has 0 bridgehead atoms. The van der Waals surface area contributed by atoms with Crippen LogP contribution in [0.2, 0.25) is 0 Å². The Kier molecular flexibility index (Phi) is 4.00. The van der Waals surface area contributed by atoms with E-state index in [2.05, 4.69) is 5.32 Å². The van der Waals surface area contributed by atoms with Crippen LogP contribution in [-0.4, -0.2) is 5.91 Å². The van der Waals surface area contributed by atoms with Crippen molar-refractivity contribution in [2.24, 2.45) is 5.92 Å². The fourth-order valence-electron chi connectivity index (χ4n) is 2.67. The zero-order valence-corrected chi connectivity index (χ0v) is 13.2. The molecule has 0 radical (unpaired) electrons. The lowest BCUT2D eigenvalue weighted by Crippen LogP contribution is -2.27. The monoisotopic (exact) mass is 321 g/mol. The van der Waals surface area contributed by atoms with Gasteiger partial charge in [-0.15, -0.1) is 11.3 Å². The van der Waals surface area contributed by atoms with Crippen molar-refractivity contribution in [2.45, 2.75) is 32.2 Å². The molecule has 1 aliphatic rings. The molecule has 1 heterocycles. The first-order valence-corrected chi connectivity index (χ1v) is 8.09. The van der Waals surface area contributed by atoms with E-state index in [4.69, 9.17) is 0 Å². The van der Waals surface area contributed by atoms with Gasteiger partial charge in [0.1, 0.15) is 0 Å². The van der Waals surface area contributed by atoms with Gasteiger partial charge in [0.2, 0.25) is 5.91 Å².